The highest BCUT2D eigenvalue weighted by molar-refractivity contribution is 6.01. The zero-order valence-electron chi connectivity index (χ0n) is 12.3. The molecule has 2 rings (SSSR count). The molecular weight excluding hydrogens is 252 g/mol. The number of carbonyl (C=O) groups is 2. The predicted octanol–water partition coefficient (Wildman–Crippen LogP) is 2.13. The van der Waals surface area contributed by atoms with E-state index in [0.717, 1.165) is 17.7 Å². The zero-order chi connectivity index (χ0) is 14.7. The quantitative estimate of drug-likeness (QED) is 0.918. The Balaban J connectivity index is 2.38. The van der Waals surface area contributed by atoms with Crippen LogP contribution in [0.25, 0.3) is 0 Å². The van der Waals surface area contributed by atoms with Gasteiger partial charge in [0.25, 0.3) is 0 Å². The first-order valence-electron chi connectivity index (χ1n) is 7.23. The summed E-state index contributed by atoms with van der Waals surface area (Å²) >= 11 is 0. The van der Waals surface area contributed by atoms with Gasteiger partial charge in [-0.05, 0) is 24.0 Å². The molecule has 1 heterocycles. The summed E-state index contributed by atoms with van der Waals surface area (Å²) in [7, 11) is 0. The summed E-state index contributed by atoms with van der Waals surface area (Å²) < 4.78 is 0. The van der Waals surface area contributed by atoms with Crippen molar-refractivity contribution in [1.82, 2.24) is 5.32 Å². The first kappa shape index (κ1) is 14.6. The number of aryl methyl sites for hydroxylation is 1. The largest absolute Gasteiger partial charge is 0.344 e. The normalized spacial score (nSPS) is 20.0. The second-order valence-corrected chi connectivity index (χ2v) is 5.51. The van der Waals surface area contributed by atoms with Gasteiger partial charge in [0.2, 0.25) is 11.8 Å². The SMILES string of the molecule is CCc1ccccc1N1CCC(=O)NC(C(C)C)C1=O. The molecule has 1 N–H and O–H groups in total. The lowest BCUT2D eigenvalue weighted by atomic mass is 10.0. The van der Waals surface area contributed by atoms with Crippen molar-refractivity contribution in [2.45, 2.75) is 39.7 Å². The van der Waals surface area contributed by atoms with E-state index in [9.17, 15) is 9.59 Å². The first-order valence-corrected chi connectivity index (χ1v) is 7.23. The van der Waals surface area contributed by atoms with Crippen LogP contribution in [0.3, 0.4) is 0 Å². The fraction of sp³-hybridized carbons (Fsp3) is 0.500. The number of benzene rings is 1. The number of hydrogen-bond donors (Lipinski definition) is 1. The van der Waals surface area contributed by atoms with Gasteiger partial charge in [0.15, 0.2) is 0 Å². The van der Waals surface area contributed by atoms with Crippen molar-refractivity contribution in [3.8, 4) is 0 Å². The lowest BCUT2D eigenvalue weighted by molar-refractivity contribution is -0.126. The van der Waals surface area contributed by atoms with Gasteiger partial charge in [0.1, 0.15) is 6.04 Å². The van der Waals surface area contributed by atoms with Gasteiger partial charge in [-0.2, -0.15) is 0 Å². The van der Waals surface area contributed by atoms with Gasteiger partial charge in [-0.3, -0.25) is 9.59 Å². The van der Waals surface area contributed by atoms with Crippen molar-refractivity contribution < 1.29 is 9.59 Å². The standard InChI is InChI=1S/C16H22N2O2/c1-4-12-7-5-6-8-13(12)18-10-9-14(19)17-15(11(2)3)16(18)20/h5-8,11,15H,4,9-10H2,1-3H3,(H,17,19). The second-order valence-electron chi connectivity index (χ2n) is 5.51. The third-order valence-electron chi connectivity index (χ3n) is 3.74. The fourth-order valence-electron chi connectivity index (χ4n) is 2.56. The molecule has 108 valence electrons. The van der Waals surface area contributed by atoms with E-state index in [1.165, 1.54) is 0 Å². The van der Waals surface area contributed by atoms with Gasteiger partial charge in [0, 0.05) is 18.7 Å². The van der Waals surface area contributed by atoms with Crippen LogP contribution in [0.5, 0.6) is 0 Å². The van der Waals surface area contributed by atoms with Crippen molar-refractivity contribution in [2.75, 3.05) is 11.4 Å². The van der Waals surface area contributed by atoms with Gasteiger partial charge >= 0.3 is 0 Å². The first-order chi connectivity index (χ1) is 9.54. The Morgan fingerprint density at radius 1 is 1.30 bits per heavy atom. The maximum absolute atomic E-state index is 12.7. The van der Waals surface area contributed by atoms with Gasteiger partial charge in [-0.15, -0.1) is 0 Å². The van der Waals surface area contributed by atoms with Gasteiger partial charge < -0.3 is 10.2 Å². The van der Waals surface area contributed by atoms with E-state index >= 15 is 0 Å². The topological polar surface area (TPSA) is 49.4 Å². The molecule has 1 saturated heterocycles. The van der Waals surface area contributed by atoms with E-state index in [4.69, 9.17) is 0 Å². The van der Waals surface area contributed by atoms with Crippen molar-refractivity contribution in [3.63, 3.8) is 0 Å². The smallest absolute Gasteiger partial charge is 0.249 e. The average molecular weight is 274 g/mol. The second kappa shape index (κ2) is 6.07. The van der Waals surface area contributed by atoms with Gasteiger partial charge in [-0.1, -0.05) is 39.0 Å². The molecule has 0 aliphatic carbocycles. The Morgan fingerprint density at radius 2 is 2.00 bits per heavy atom. The summed E-state index contributed by atoms with van der Waals surface area (Å²) in [5.41, 5.74) is 2.07. The summed E-state index contributed by atoms with van der Waals surface area (Å²) in [6.45, 7) is 6.44. The third kappa shape index (κ3) is 2.84. The lowest BCUT2D eigenvalue weighted by Gasteiger charge is -2.27. The van der Waals surface area contributed by atoms with Crippen LogP contribution in [0.2, 0.25) is 0 Å². The zero-order valence-corrected chi connectivity index (χ0v) is 12.3. The molecule has 1 aliphatic rings. The summed E-state index contributed by atoms with van der Waals surface area (Å²) in [6.07, 6.45) is 1.22. The van der Waals surface area contributed by atoms with Crippen molar-refractivity contribution >= 4 is 17.5 Å². The van der Waals surface area contributed by atoms with Crippen LogP contribution in [0, 0.1) is 5.92 Å². The molecule has 1 aromatic rings. The number of hydrogen-bond acceptors (Lipinski definition) is 2. The molecule has 1 fully saturated rings. The highest BCUT2D eigenvalue weighted by atomic mass is 16.2. The number of amides is 2. The minimum Gasteiger partial charge on any atom is -0.344 e. The number of para-hydroxylation sites is 1. The van der Waals surface area contributed by atoms with Gasteiger partial charge in [-0.25, -0.2) is 0 Å². The number of nitrogens with zero attached hydrogens (tertiary/aromatic N) is 1. The molecular formula is C16H22N2O2. The Labute approximate surface area is 120 Å². The molecule has 1 atom stereocenters. The van der Waals surface area contributed by atoms with E-state index < -0.39 is 6.04 Å². The minimum atomic E-state index is -0.435. The molecule has 2 amide bonds. The Bertz CT molecular complexity index is 511. The van der Waals surface area contributed by atoms with Gasteiger partial charge in [0.05, 0.1) is 0 Å². The third-order valence-corrected chi connectivity index (χ3v) is 3.74. The average Bonchev–Trinajstić information content (AvgIpc) is 2.58. The molecule has 20 heavy (non-hydrogen) atoms. The number of nitrogens with one attached hydrogen (secondary N) is 1. The lowest BCUT2D eigenvalue weighted by Crippen LogP contribution is -2.48. The molecule has 0 aromatic heterocycles. The van der Waals surface area contributed by atoms with E-state index in [-0.39, 0.29) is 17.7 Å². The highest BCUT2D eigenvalue weighted by Crippen LogP contribution is 2.24. The van der Waals surface area contributed by atoms with Crippen molar-refractivity contribution in [1.29, 1.82) is 0 Å². The number of rotatable bonds is 3. The summed E-state index contributed by atoms with van der Waals surface area (Å²) in [5, 5.41) is 2.84. The van der Waals surface area contributed by atoms with E-state index in [0.29, 0.717) is 13.0 Å². The number of carbonyl (C=O) groups excluding carboxylic acids is 2. The monoisotopic (exact) mass is 274 g/mol. The fourth-order valence-corrected chi connectivity index (χ4v) is 2.56. The molecule has 1 aromatic carbocycles. The minimum absolute atomic E-state index is 0.00764. The predicted molar refractivity (Wildman–Crippen MR) is 79.6 cm³/mol. The Kier molecular flexibility index (Phi) is 4.42. The Hall–Kier alpha value is -1.84. The molecule has 4 heteroatoms. The molecule has 0 saturated carbocycles. The van der Waals surface area contributed by atoms with Crippen LogP contribution >= 0.6 is 0 Å². The molecule has 4 nitrogen and oxygen atoms in total. The van der Waals surface area contributed by atoms with Crippen LogP contribution in [0.4, 0.5) is 5.69 Å². The summed E-state index contributed by atoms with van der Waals surface area (Å²) in [5.74, 6) is 0.0288. The molecule has 1 unspecified atom stereocenters. The van der Waals surface area contributed by atoms with Crippen LogP contribution in [0.1, 0.15) is 32.8 Å². The molecule has 0 radical (unpaired) electrons. The van der Waals surface area contributed by atoms with E-state index in [2.05, 4.69) is 12.2 Å². The van der Waals surface area contributed by atoms with E-state index in [1.807, 2.05) is 38.1 Å². The molecule has 0 spiro atoms. The highest BCUT2D eigenvalue weighted by Gasteiger charge is 2.33. The van der Waals surface area contributed by atoms with E-state index in [1.54, 1.807) is 4.90 Å². The molecule has 0 bridgehead atoms. The van der Waals surface area contributed by atoms with Crippen molar-refractivity contribution in [2.24, 2.45) is 5.92 Å². The van der Waals surface area contributed by atoms with Crippen LogP contribution in [-0.2, 0) is 16.0 Å². The van der Waals surface area contributed by atoms with Crippen molar-refractivity contribution in [3.05, 3.63) is 29.8 Å². The summed E-state index contributed by atoms with van der Waals surface area (Å²) in [6, 6.07) is 7.48. The van der Waals surface area contributed by atoms with Crippen LogP contribution < -0.4 is 10.2 Å². The Morgan fingerprint density at radius 3 is 2.65 bits per heavy atom. The molecule has 1 aliphatic heterocycles. The maximum atomic E-state index is 12.7. The summed E-state index contributed by atoms with van der Waals surface area (Å²) in [4.78, 5) is 26.3. The maximum Gasteiger partial charge on any atom is 0.249 e. The van der Waals surface area contributed by atoms with Crippen LogP contribution in [0.15, 0.2) is 24.3 Å². The van der Waals surface area contributed by atoms with Crippen LogP contribution in [-0.4, -0.2) is 24.4 Å². The number of anilines is 1.